The van der Waals surface area contributed by atoms with Crippen LogP contribution in [0.15, 0.2) is 54.3 Å². The Kier molecular flexibility index (Phi) is 8.54. The molecule has 2 aromatic carbocycles. The Hall–Kier alpha value is -3.52. The SMILES string of the molecule is CO/C(C)=C/C(C)c1sc(COc2ccc(OCC(=O)O)c(C)c2)nc1-c1cccc(OC)c1. The number of hydrogen-bond acceptors (Lipinski definition) is 7. The molecule has 3 rings (SSSR count). The van der Waals surface area contributed by atoms with Gasteiger partial charge in [-0.15, -0.1) is 11.3 Å². The van der Waals surface area contributed by atoms with E-state index in [9.17, 15) is 4.79 Å². The number of aliphatic carboxylic acids is 1. The molecule has 0 aliphatic carbocycles. The molecular weight excluding hydrogens is 454 g/mol. The maximum absolute atomic E-state index is 10.7. The van der Waals surface area contributed by atoms with Gasteiger partial charge in [0.15, 0.2) is 6.61 Å². The molecule has 0 bridgehead atoms. The van der Waals surface area contributed by atoms with Gasteiger partial charge in [-0.05, 0) is 55.8 Å². The summed E-state index contributed by atoms with van der Waals surface area (Å²) < 4.78 is 22.0. The van der Waals surface area contributed by atoms with Gasteiger partial charge < -0.3 is 24.1 Å². The van der Waals surface area contributed by atoms with Gasteiger partial charge in [-0.1, -0.05) is 19.1 Å². The van der Waals surface area contributed by atoms with Crippen LogP contribution in [0.2, 0.25) is 0 Å². The highest BCUT2D eigenvalue weighted by molar-refractivity contribution is 7.12. The number of thiazole rings is 1. The van der Waals surface area contributed by atoms with E-state index < -0.39 is 5.97 Å². The van der Waals surface area contributed by atoms with Crippen LogP contribution >= 0.6 is 11.3 Å². The number of aryl methyl sites for hydroxylation is 1. The van der Waals surface area contributed by atoms with E-state index in [4.69, 9.17) is 29.0 Å². The Morgan fingerprint density at radius 1 is 1.15 bits per heavy atom. The molecule has 0 fully saturated rings. The fourth-order valence-electron chi connectivity index (χ4n) is 3.38. The van der Waals surface area contributed by atoms with Crippen molar-refractivity contribution >= 4 is 17.3 Å². The molecule has 8 heteroatoms. The lowest BCUT2D eigenvalue weighted by Crippen LogP contribution is -2.10. The van der Waals surface area contributed by atoms with Gasteiger partial charge in [0.1, 0.15) is 28.9 Å². The summed E-state index contributed by atoms with van der Waals surface area (Å²) in [6.07, 6.45) is 2.07. The lowest BCUT2D eigenvalue weighted by molar-refractivity contribution is -0.139. The molecule has 3 aromatic rings. The molecule has 0 saturated carbocycles. The van der Waals surface area contributed by atoms with E-state index in [1.165, 1.54) is 0 Å². The zero-order valence-corrected chi connectivity index (χ0v) is 20.8. The molecule has 0 spiro atoms. The molecule has 1 aromatic heterocycles. The Morgan fingerprint density at radius 3 is 2.62 bits per heavy atom. The van der Waals surface area contributed by atoms with E-state index in [0.29, 0.717) is 18.1 Å². The highest BCUT2D eigenvalue weighted by Gasteiger charge is 2.19. The Labute approximate surface area is 203 Å². The first-order valence-electron chi connectivity index (χ1n) is 10.7. The Balaban J connectivity index is 1.84. The smallest absolute Gasteiger partial charge is 0.341 e. The van der Waals surface area contributed by atoms with Crippen LogP contribution in [0.3, 0.4) is 0 Å². The van der Waals surface area contributed by atoms with Crippen molar-refractivity contribution in [1.82, 2.24) is 4.98 Å². The average molecular weight is 484 g/mol. The molecule has 180 valence electrons. The van der Waals surface area contributed by atoms with Crippen molar-refractivity contribution in [2.45, 2.75) is 33.3 Å². The van der Waals surface area contributed by atoms with Gasteiger partial charge in [-0.25, -0.2) is 9.78 Å². The summed E-state index contributed by atoms with van der Waals surface area (Å²) >= 11 is 1.60. The van der Waals surface area contributed by atoms with Crippen LogP contribution in [-0.2, 0) is 16.1 Å². The van der Waals surface area contributed by atoms with Crippen molar-refractivity contribution in [3.63, 3.8) is 0 Å². The number of aromatic nitrogens is 1. The van der Waals surface area contributed by atoms with E-state index in [1.54, 1.807) is 37.7 Å². The average Bonchev–Trinajstić information content (AvgIpc) is 3.26. The number of carbonyl (C=O) groups is 1. The monoisotopic (exact) mass is 483 g/mol. The van der Waals surface area contributed by atoms with Gasteiger partial charge in [0.25, 0.3) is 0 Å². The first-order valence-corrected chi connectivity index (χ1v) is 11.6. The summed E-state index contributed by atoms with van der Waals surface area (Å²) in [4.78, 5) is 16.7. The largest absolute Gasteiger partial charge is 0.502 e. The quantitative estimate of drug-likeness (QED) is 0.344. The molecule has 0 aliphatic heterocycles. The summed E-state index contributed by atoms with van der Waals surface area (Å²) in [5.74, 6) is 1.86. The minimum Gasteiger partial charge on any atom is -0.502 e. The molecule has 1 unspecified atom stereocenters. The van der Waals surface area contributed by atoms with E-state index in [-0.39, 0.29) is 12.5 Å². The number of methoxy groups -OCH3 is 2. The van der Waals surface area contributed by atoms with Crippen LogP contribution in [0, 0.1) is 6.92 Å². The second-order valence-corrected chi connectivity index (χ2v) is 8.84. The summed E-state index contributed by atoms with van der Waals surface area (Å²) in [6, 6.07) is 13.1. The third-order valence-electron chi connectivity index (χ3n) is 5.12. The van der Waals surface area contributed by atoms with Crippen molar-refractivity contribution in [3.05, 3.63) is 69.7 Å². The summed E-state index contributed by atoms with van der Waals surface area (Å²) in [5.41, 5.74) is 2.66. The number of rotatable bonds is 11. The number of carboxylic acid groups (broad SMARTS) is 1. The Bertz CT molecular complexity index is 1170. The van der Waals surface area contributed by atoms with Gasteiger partial charge in [-0.3, -0.25) is 0 Å². The van der Waals surface area contributed by atoms with Crippen molar-refractivity contribution in [2.75, 3.05) is 20.8 Å². The van der Waals surface area contributed by atoms with E-state index in [0.717, 1.165) is 38.2 Å². The van der Waals surface area contributed by atoms with Crippen LogP contribution in [0.4, 0.5) is 0 Å². The predicted molar refractivity (Wildman–Crippen MR) is 132 cm³/mol. The van der Waals surface area contributed by atoms with Crippen molar-refractivity contribution in [2.24, 2.45) is 0 Å². The van der Waals surface area contributed by atoms with Crippen molar-refractivity contribution < 1.29 is 28.8 Å². The molecule has 7 nitrogen and oxygen atoms in total. The molecule has 0 saturated heterocycles. The Morgan fingerprint density at radius 2 is 1.94 bits per heavy atom. The van der Waals surface area contributed by atoms with E-state index in [2.05, 4.69) is 13.0 Å². The lowest BCUT2D eigenvalue weighted by Gasteiger charge is -2.10. The van der Waals surface area contributed by atoms with E-state index in [1.807, 2.05) is 44.2 Å². The van der Waals surface area contributed by atoms with Crippen molar-refractivity contribution in [3.8, 4) is 28.5 Å². The normalized spacial score (nSPS) is 12.2. The fourth-order valence-corrected chi connectivity index (χ4v) is 4.40. The maximum Gasteiger partial charge on any atom is 0.341 e. The van der Waals surface area contributed by atoms with Crippen LogP contribution in [0.1, 0.15) is 35.2 Å². The summed E-state index contributed by atoms with van der Waals surface area (Å²) in [7, 11) is 3.31. The number of ether oxygens (including phenoxy) is 4. The zero-order valence-electron chi connectivity index (χ0n) is 20.0. The summed E-state index contributed by atoms with van der Waals surface area (Å²) in [6.45, 7) is 5.81. The molecule has 34 heavy (non-hydrogen) atoms. The third kappa shape index (κ3) is 6.51. The standard InChI is InChI=1S/C26H29NO6S/c1-16-12-21(9-10-22(16)33-15-24(28)29)32-14-23-27-25(19-7-6-8-20(13-19)31-5)26(34-23)17(2)11-18(3)30-4/h6-13,17H,14-15H2,1-5H3,(H,28,29)/b18-11+. The molecule has 0 aliphatic rings. The lowest BCUT2D eigenvalue weighted by atomic mass is 10.0. The van der Waals surface area contributed by atoms with Gasteiger partial charge in [0.2, 0.25) is 0 Å². The highest BCUT2D eigenvalue weighted by Crippen LogP contribution is 2.37. The third-order valence-corrected chi connectivity index (χ3v) is 6.35. The van der Waals surface area contributed by atoms with Crippen LogP contribution < -0.4 is 14.2 Å². The maximum atomic E-state index is 10.7. The van der Waals surface area contributed by atoms with E-state index >= 15 is 0 Å². The number of carboxylic acids is 1. The van der Waals surface area contributed by atoms with Gasteiger partial charge in [0.05, 0.1) is 25.7 Å². The summed E-state index contributed by atoms with van der Waals surface area (Å²) in [5, 5.41) is 9.63. The molecule has 1 heterocycles. The second-order valence-electron chi connectivity index (χ2n) is 7.72. The van der Waals surface area contributed by atoms with Gasteiger partial charge >= 0.3 is 5.97 Å². The topological polar surface area (TPSA) is 87.1 Å². The molecule has 0 amide bonds. The van der Waals surface area contributed by atoms with Crippen molar-refractivity contribution in [1.29, 1.82) is 0 Å². The fraction of sp³-hybridized carbons (Fsp3) is 0.308. The number of benzene rings is 2. The van der Waals surface area contributed by atoms with Crippen LogP contribution in [-0.4, -0.2) is 36.9 Å². The molecule has 1 atom stereocenters. The van der Waals surface area contributed by atoms with Crippen LogP contribution in [0.5, 0.6) is 17.2 Å². The minimum absolute atomic E-state index is 0.0975. The van der Waals surface area contributed by atoms with Crippen LogP contribution in [0.25, 0.3) is 11.3 Å². The zero-order chi connectivity index (χ0) is 24.7. The highest BCUT2D eigenvalue weighted by atomic mass is 32.1. The number of allylic oxidation sites excluding steroid dienone is 2. The first-order chi connectivity index (χ1) is 16.3. The molecule has 1 N–H and O–H groups in total. The predicted octanol–water partition coefficient (Wildman–Crippen LogP) is 5.82. The van der Waals surface area contributed by atoms with Gasteiger partial charge in [0, 0.05) is 16.4 Å². The number of hydrogen-bond donors (Lipinski definition) is 1. The molecule has 0 radical (unpaired) electrons. The minimum atomic E-state index is -1.02. The second kappa shape index (κ2) is 11.6. The molecular formula is C26H29NO6S. The number of nitrogens with zero attached hydrogens (tertiary/aromatic N) is 1. The first kappa shape index (κ1) is 25.1. The van der Waals surface area contributed by atoms with Gasteiger partial charge in [-0.2, -0.15) is 0 Å².